The number of carbonyl (C=O) groups is 1. The molecule has 1 aliphatic rings. The van der Waals surface area contributed by atoms with E-state index in [1.165, 1.54) is 50.2 Å². The van der Waals surface area contributed by atoms with Crippen molar-refractivity contribution in [3.63, 3.8) is 0 Å². The minimum Gasteiger partial charge on any atom is -0.475 e. The average molecular weight is 285 g/mol. The monoisotopic (exact) mass is 285 g/mol. The molecular formula is C17H19NO3. The van der Waals surface area contributed by atoms with Crippen molar-refractivity contribution < 1.29 is 14.4 Å². The van der Waals surface area contributed by atoms with E-state index in [2.05, 4.69) is 17.3 Å². The lowest BCUT2D eigenvalue weighted by molar-refractivity contribution is 0.0652. The van der Waals surface area contributed by atoms with Gasteiger partial charge in [0.1, 0.15) is 5.69 Å². The van der Waals surface area contributed by atoms with Gasteiger partial charge >= 0.3 is 5.97 Å². The first-order valence-corrected chi connectivity index (χ1v) is 7.54. The summed E-state index contributed by atoms with van der Waals surface area (Å²) < 4.78 is 4.79. The van der Waals surface area contributed by atoms with Crippen molar-refractivity contribution in [2.75, 3.05) is 0 Å². The van der Waals surface area contributed by atoms with Crippen LogP contribution in [0.5, 0.6) is 0 Å². The Labute approximate surface area is 123 Å². The molecule has 110 valence electrons. The van der Waals surface area contributed by atoms with Crippen molar-refractivity contribution in [2.24, 2.45) is 0 Å². The Kier molecular flexibility index (Phi) is 4.04. The van der Waals surface area contributed by atoms with Crippen molar-refractivity contribution >= 4 is 5.97 Å². The molecule has 0 aliphatic heterocycles. The van der Waals surface area contributed by atoms with Gasteiger partial charge in [0.05, 0.1) is 0 Å². The first-order valence-electron chi connectivity index (χ1n) is 7.54. The molecule has 0 unspecified atom stereocenters. The summed E-state index contributed by atoms with van der Waals surface area (Å²) in [5.74, 6) is -0.560. The van der Waals surface area contributed by atoms with Gasteiger partial charge in [-0.3, -0.25) is 0 Å². The molecule has 0 atom stereocenters. The number of carboxylic acid groups (broad SMARTS) is 1. The van der Waals surface area contributed by atoms with Crippen LogP contribution in [-0.2, 0) is 0 Å². The number of nitrogens with zero attached hydrogens (tertiary/aromatic N) is 1. The minimum absolute atomic E-state index is 0.127. The molecular weight excluding hydrogens is 266 g/mol. The third-order valence-corrected chi connectivity index (χ3v) is 4.25. The zero-order valence-electron chi connectivity index (χ0n) is 11.9. The lowest BCUT2D eigenvalue weighted by Gasteiger charge is -2.14. The van der Waals surface area contributed by atoms with Crippen LogP contribution in [0.1, 0.15) is 60.6 Å². The Balaban J connectivity index is 1.77. The van der Waals surface area contributed by atoms with Gasteiger partial charge in [0.2, 0.25) is 5.76 Å². The van der Waals surface area contributed by atoms with E-state index < -0.39 is 5.97 Å². The predicted molar refractivity (Wildman–Crippen MR) is 79.3 cm³/mol. The smallest absolute Gasteiger partial charge is 0.374 e. The number of benzene rings is 1. The van der Waals surface area contributed by atoms with Gasteiger partial charge in [0.15, 0.2) is 0 Å². The van der Waals surface area contributed by atoms with E-state index in [1.807, 2.05) is 12.1 Å². The first kappa shape index (κ1) is 13.9. The zero-order valence-corrected chi connectivity index (χ0v) is 11.9. The van der Waals surface area contributed by atoms with E-state index in [0.29, 0.717) is 11.6 Å². The second kappa shape index (κ2) is 6.12. The van der Waals surface area contributed by atoms with Crippen LogP contribution in [0.15, 0.2) is 34.9 Å². The van der Waals surface area contributed by atoms with Crippen LogP contribution >= 0.6 is 0 Å². The van der Waals surface area contributed by atoms with E-state index in [0.717, 1.165) is 5.56 Å². The number of hydrogen-bond acceptors (Lipinski definition) is 3. The average Bonchev–Trinajstić information content (AvgIpc) is 2.84. The lowest BCUT2D eigenvalue weighted by atomic mass is 9.91. The summed E-state index contributed by atoms with van der Waals surface area (Å²) >= 11 is 0. The summed E-state index contributed by atoms with van der Waals surface area (Å²) in [5.41, 5.74) is 2.84. The number of aromatic nitrogens is 1. The molecule has 1 aliphatic carbocycles. The molecule has 0 amide bonds. The Bertz CT molecular complexity index is 607. The second-order valence-corrected chi connectivity index (χ2v) is 5.69. The van der Waals surface area contributed by atoms with Gasteiger partial charge in [0, 0.05) is 11.6 Å². The summed E-state index contributed by atoms with van der Waals surface area (Å²) in [6.45, 7) is 0. The molecule has 1 N–H and O–H groups in total. The maximum absolute atomic E-state index is 10.8. The van der Waals surface area contributed by atoms with E-state index in [-0.39, 0.29) is 5.76 Å². The molecule has 0 spiro atoms. The molecule has 1 heterocycles. The number of carboxylic acids is 1. The van der Waals surface area contributed by atoms with Gasteiger partial charge in [-0.15, -0.1) is 0 Å². The van der Waals surface area contributed by atoms with E-state index >= 15 is 0 Å². The van der Waals surface area contributed by atoms with Crippen molar-refractivity contribution in [2.45, 2.75) is 44.4 Å². The van der Waals surface area contributed by atoms with Gasteiger partial charge in [-0.05, 0) is 24.3 Å². The normalized spacial score (nSPS) is 16.6. The van der Waals surface area contributed by atoms with Crippen LogP contribution in [0, 0.1) is 0 Å². The lowest BCUT2D eigenvalue weighted by Crippen LogP contribution is -1.96. The standard InChI is InChI=1S/C17H19NO3/c19-17(20)16-11-15(18-21-16)14-9-7-13(8-10-14)12-5-3-1-2-4-6-12/h7-12H,1-6H2,(H,19,20). The van der Waals surface area contributed by atoms with Crippen LogP contribution in [-0.4, -0.2) is 16.2 Å². The topological polar surface area (TPSA) is 63.3 Å². The quantitative estimate of drug-likeness (QED) is 0.845. The first-order chi connectivity index (χ1) is 10.2. The van der Waals surface area contributed by atoms with Crippen LogP contribution in [0.4, 0.5) is 0 Å². The molecule has 0 saturated heterocycles. The molecule has 1 saturated carbocycles. The molecule has 3 rings (SSSR count). The maximum Gasteiger partial charge on any atom is 0.374 e. The second-order valence-electron chi connectivity index (χ2n) is 5.69. The van der Waals surface area contributed by atoms with Crippen molar-refractivity contribution in [3.8, 4) is 11.3 Å². The van der Waals surface area contributed by atoms with Crippen LogP contribution < -0.4 is 0 Å². The third-order valence-electron chi connectivity index (χ3n) is 4.25. The highest BCUT2D eigenvalue weighted by molar-refractivity contribution is 5.85. The third kappa shape index (κ3) is 3.15. The zero-order chi connectivity index (χ0) is 14.7. The van der Waals surface area contributed by atoms with Crippen LogP contribution in [0.2, 0.25) is 0 Å². The molecule has 1 fully saturated rings. The molecule has 4 heteroatoms. The van der Waals surface area contributed by atoms with Gasteiger partial charge in [0.25, 0.3) is 0 Å². The van der Waals surface area contributed by atoms with Crippen molar-refractivity contribution in [3.05, 3.63) is 41.7 Å². The highest BCUT2D eigenvalue weighted by Gasteiger charge is 2.15. The van der Waals surface area contributed by atoms with Gasteiger partial charge < -0.3 is 9.63 Å². The summed E-state index contributed by atoms with van der Waals surface area (Å²) in [5, 5.41) is 12.7. The predicted octanol–water partition coefficient (Wildman–Crippen LogP) is 4.48. The summed E-state index contributed by atoms with van der Waals surface area (Å²) in [6.07, 6.45) is 7.88. The van der Waals surface area contributed by atoms with Gasteiger partial charge in [-0.1, -0.05) is 55.1 Å². The number of rotatable bonds is 3. The van der Waals surface area contributed by atoms with Gasteiger partial charge in [-0.2, -0.15) is 0 Å². The van der Waals surface area contributed by atoms with Crippen molar-refractivity contribution in [1.29, 1.82) is 0 Å². The number of aromatic carboxylic acids is 1. The maximum atomic E-state index is 10.8. The van der Waals surface area contributed by atoms with E-state index in [4.69, 9.17) is 9.63 Å². The molecule has 0 bridgehead atoms. The fourth-order valence-electron chi connectivity index (χ4n) is 3.05. The largest absolute Gasteiger partial charge is 0.475 e. The Morgan fingerprint density at radius 2 is 1.76 bits per heavy atom. The molecule has 21 heavy (non-hydrogen) atoms. The SMILES string of the molecule is O=C(O)c1cc(-c2ccc(C3CCCCCC3)cc2)no1. The molecule has 4 nitrogen and oxygen atoms in total. The molecule has 1 aromatic carbocycles. The Morgan fingerprint density at radius 1 is 1.10 bits per heavy atom. The summed E-state index contributed by atoms with van der Waals surface area (Å²) in [4.78, 5) is 10.8. The highest BCUT2D eigenvalue weighted by atomic mass is 16.5. The summed E-state index contributed by atoms with van der Waals surface area (Å²) in [7, 11) is 0. The fourth-order valence-corrected chi connectivity index (χ4v) is 3.05. The number of hydrogen-bond donors (Lipinski definition) is 1. The highest BCUT2D eigenvalue weighted by Crippen LogP contribution is 2.32. The fraction of sp³-hybridized carbons (Fsp3) is 0.412. The molecule has 1 aromatic heterocycles. The summed E-state index contributed by atoms with van der Waals surface area (Å²) in [6, 6.07) is 9.75. The van der Waals surface area contributed by atoms with Crippen LogP contribution in [0.25, 0.3) is 11.3 Å². The Hall–Kier alpha value is -2.10. The van der Waals surface area contributed by atoms with E-state index in [1.54, 1.807) is 0 Å². The molecule has 0 radical (unpaired) electrons. The van der Waals surface area contributed by atoms with Crippen LogP contribution in [0.3, 0.4) is 0 Å². The Morgan fingerprint density at radius 3 is 2.33 bits per heavy atom. The molecule has 2 aromatic rings. The van der Waals surface area contributed by atoms with Gasteiger partial charge in [-0.25, -0.2) is 4.79 Å². The van der Waals surface area contributed by atoms with E-state index in [9.17, 15) is 4.79 Å². The minimum atomic E-state index is -1.09. The van der Waals surface area contributed by atoms with Crippen molar-refractivity contribution in [1.82, 2.24) is 5.16 Å².